The molecule has 3 heteroatoms. The summed E-state index contributed by atoms with van der Waals surface area (Å²) in [5.41, 5.74) is 1.91. The van der Waals surface area contributed by atoms with Gasteiger partial charge < -0.3 is 5.32 Å². The summed E-state index contributed by atoms with van der Waals surface area (Å²) in [5.74, 6) is 0.0692. The van der Waals surface area contributed by atoms with Crippen molar-refractivity contribution in [3.8, 4) is 0 Å². The van der Waals surface area contributed by atoms with E-state index in [1.165, 1.54) is 19.3 Å². The van der Waals surface area contributed by atoms with Gasteiger partial charge in [0.1, 0.15) is 0 Å². The van der Waals surface area contributed by atoms with Crippen molar-refractivity contribution in [2.75, 3.05) is 0 Å². The van der Waals surface area contributed by atoms with Crippen LogP contribution in [0.2, 0.25) is 0 Å². The summed E-state index contributed by atoms with van der Waals surface area (Å²) in [6.07, 6.45) is 6.05. The summed E-state index contributed by atoms with van der Waals surface area (Å²) in [6, 6.07) is 8.17. The molecule has 92 valence electrons. The summed E-state index contributed by atoms with van der Waals surface area (Å²) in [4.78, 5) is 12.1. The second kappa shape index (κ2) is 6.20. The molecular formula is C14H18BrNO. The van der Waals surface area contributed by atoms with Gasteiger partial charge in [-0.15, -0.1) is 0 Å². The van der Waals surface area contributed by atoms with Gasteiger partial charge in [-0.05, 0) is 30.5 Å². The molecule has 0 radical (unpaired) electrons. The van der Waals surface area contributed by atoms with E-state index in [2.05, 4.69) is 21.2 Å². The number of hydrogen-bond donors (Lipinski definition) is 1. The highest BCUT2D eigenvalue weighted by molar-refractivity contribution is 9.08. The topological polar surface area (TPSA) is 29.1 Å². The van der Waals surface area contributed by atoms with Gasteiger partial charge in [0.2, 0.25) is 0 Å². The number of nitrogens with one attached hydrogen (secondary N) is 1. The molecule has 0 aliphatic heterocycles. The first-order valence-electron chi connectivity index (χ1n) is 6.25. The molecule has 2 nitrogen and oxygen atoms in total. The first kappa shape index (κ1) is 12.6. The fourth-order valence-corrected chi connectivity index (χ4v) is 2.66. The lowest BCUT2D eigenvalue weighted by Crippen LogP contribution is -2.36. The van der Waals surface area contributed by atoms with Crippen LogP contribution in [0.4, 0.5) is 0 Å². The van der Waals surface area contributed by atoms with Gasteiger partial charge in [-0.25, -0.2) is 0 Å². The molecule has 1 aromatic rings. The van der Waals surface area contributed by atoms with Gasteiger partial charge in [0.05, 0.1) is 0 Å². The predicted molar refractivity (Wildman–Crippen MR) is 73.4 cm³/mol. The van der Waals surface area contributed by atoms with Gasteiger partial charge in [0.25, 0.3) is 5.91 Å². The van der Waals surface area contributed by atoms with Crippen molar-refractivity contribution in [1.29, 1.82) is 0 Å². The van der Waals surface area contributed by atoms with E-state index in [1.54, 1.807) is 0 Å². The monoisotopic (exact) mass is 295 g/mol. The van der Waals surface area contributed by atoms with Crippen molar-refractivity contribution >= 4 is 21.8 Å². The minimum atomic E-state index is 0.0692. The normalized spacial score (nSPS) is 16.8. The largest absolute Gasteiger partial charge is 0.349 e. The molecule has 1 aliphatic carbocycles. The quantitative estimate of drug-likeness (QED) is 0.848. The Labute approximate surface area is 111 Å². The number of carbonyl (C=O) groups excluding carboxylic acids is 1. The lowest BCUT2D eigenvalue weighted by atomic mass is 9.95. The van der Waals surface area contributed by atoms with Crippen molar-refractivity contribution in [3.05, 3.63) is 35.4 Å². The van der Waals surface area contributed by atoms with Gasteiger partial charge in [0.15, 0.2) is 0 Å². The van der Waals surface area contributed by atoms with Crippen molar-refractivity contribution < 1.29 is 4.79 Å². The SMILES string of the molecule is O=C(NC1CCCCC1)c1cccc(CBr)c1. The molecule has 1 aliphatic rings. The average Bonchev–Trinajstić information content (AvgIpc) is 2.40. The van der Waals surface area contributed by atoms with Gasteiger partial charge in [0, 0.05) is 16.9 Å². The van der Waals surface area contributed by atoms with Crippen LogP contribution in [0.1, 0.15) is 48.0 Å². The van der Waals surface area contributed by atoms with Crippen molar-refractivity contribution in [1.82, 2.24) is 5.32 Å². The molecule has 1 fully saturated rings. The Kier molecular flexibility index (Phi) is 4.60. The smallest absolute Gasteiger partial charge is 0.251 e. The summed E-state index contributed by atoms with van der Waals surface area (Å²) in [7, 11) is 0. The first-order chi connectivity index (χ1) is 8.29. The van der Waals surface area contributed by atoms with Crippen molar-refractivity contribution in [3.63, 3.8) is 0 Å². The highest BCUT2D eigenvalue weighted by atomic mass is 79.9. The minimum absolute atomic E-state index is 0.0692. The number of rotatable bonds is 3. The molecule has 0 spiro atoms. The van der Waals surface area contributed by atoms with Crippen molar-refractivity contribution in [2.24, 2.45) is 0 Å². The van der Waals surface area contributed by atoms with Gasteiger partial charge >= 0.3 is 0 Å². The molecule has 0 unspecified atom stereocenters. The Morgan fingerprint density at radius 3 is 2.76 bits per heavy atom. The molecule has 1 N–H and O–H groups in total. The molecule has 2 rings (SSSR count). The molecule has 1 saturated carbocycles. The van der Waals surface area contributed by atoms with E-state index in [0.29, 0.717) is 6.04 Å². The number of benzene rings is 1. The second-order valence-corrected chi connectivity index (χ2v) is 5.20. The summed E-state index contributed by atoms with van der Waals surface area (Å²) in [6.45, 7) is 0. The third-order valence-corrected chi connectivity index (χ3v) is 3.93. The zero-order valence-electron chi connectivity index (χ0n) is 9.92. The van der Waals surface area contributed by atoms with Crippen molar-refractivity contribution in [2.45, 2.75) is 43.5 Å². The van der Waals surface area contributed by atoms with Crippen LogP contribution >= 0.6 is 15.9 Å². The molecule has 0 aromatic heterocycles. The van der Waals surface area contributed by atoms with Crippen LogP contribution in [0.5, 0.6) is 0 Å². The first-order valence-corrected chi connectivity index (χ1v) is 7.37. The van der Waals surface area contributed by atoms with Gasteiger partial charge in [-0.2, -0.15) is 0 Å². The van der Waals surface area contributed by atoms with E-state index < -0.39 is 0 Å². The van der Waals surface area contributed by atoms with Crippen LogP contribution in [0.15, 0.2) is 24.3 Å². The van der Waals surface area contributed by atoms with E-state index in [1.807, 2.05) is 24.3 Å². The highest BCUT2D eigenvalue weighted by Crippen LogP contribution is 2.18. The Bertz CT molecular complexity index is 386. The third kappa shape index (κ3) is 3.56. The summed E-state index contributed by atoms with van der Waals surface area (Å²) in [5, 5.41) is 3.92. The standard InChI is InChI=1S/C14H18BrNO/c15-10-11-5-4-6-12(9-11)14(17)16-13-7-2-1-3-8-13/h4-6,9,13H,1-3,7-8,10H2,(H,16,17). The Morgan fingerprint density at radius 1 is 1.29 bits per heavy atom. The number of amides is 1. The molecule has 0 bridgehead atoms. The maximum absolute atomic E-state index is 12.1. The zero-order chi connectivity index (χ0) is 12.1. The van der Waals surface area contributed by atoms with Gasteiger partial charge in [-0.1, -0.05) is 47.3 Å². The van der Waals surface area contributed by atoms with Crippen LogP contribution in [0, 0.1) is 0 Å². The molecule has 0 heterocycles. The average molecular weight is 296 g/mol. The molecule has 0 atom stereocenters. The highest BCUT2D eigenvalue weighted by Gasteiger charge is 2.16. The molecular weight excluding hydrogens is 278 g/mol. The molecule has 1 amide bonds. The maximum Gasteiger partial charge on any atom is 0.251 e. The third-order valence-electron chi connectivity index (χ3n) is 3.28. The van der Waals surface area contributed by atoms with Crippen LogP contribution in [-0.4, -0.2) is 11.9 Å². The Morgan fingerprint density at radius 2 is 2.06 bits per heavy atom. The fourth-order valence-electron chi connectivity index (χ4n) is 2.31. The van der Waals surface area contributed by atoms with E-state index in [0.717, 1.165) is 29.3 Å². The lowest BCUT2D eigenvalue weighted by molar-refractivity contribution is 0.0927. The summed E-state index contributed by atoms with van der Waals surface area (Å²) < 4.78 is 0. The van der Waals surface area contributed by atoms with Crippen LogP contribution in [0.25, 0.3) is 0 Å². The van der Waals surface area contributed by atoms with E-state index in [-0.39, 0.29) is 5.91 Å². The Hall–Kier alpha value is -0.830. The minimum Gasteiger partial charge on any atom is -0.349 e. The van der Waals surface area contributed by atoms with Gasteiger partial charge in [-0.3, -0.25) is 4.79 Å². The van der Waals surface area contributed by atoms with Crippen LogP contribution in [-0.2, 0) is 5.33 Å². The predicted octanol–water partition coefficient (Wildman–Crippen LogP) is 3.64. The van der Waals surface area contributed by atoms with Crippen LogP contribution in [0.3, 0.4) is 0 Å². The van der Waals surface area contributed by atoms with E-state index in [4.69, 9.17) is 0 Å². The maximum atomic E-state index is 12.1. The number of carbonyl (C=O) groups is 1. The summed E-state index contributed by atoms with van der Waals surface area (Å²) >= 11 is 3.41. The fraction of sp³-hybridized carbons (Fsp3) is 0.500. The van der Waals surface area contributed by atoms with Crippen LogP contribution < -0.4 is 5.32 Å². The number of hydrogen-bond acceptors (Lipinski definition) is 1. The molecule has 0 saturated heterocycles. The second-order valence-electron chi connectivity index (χ2n) is 4.64. The lowest BCUT2D eigenvalue weighted by Gasteiger charge is -2.22. The number of alkyl halides is 1. The number of halogens is 1. The molecule has 1 aromatic carbocycles. The molecule has 17 heavy (non-hydrogen) atoms. The Balaban J connectivity index is 1.98. The zero-order valence-corrected chi connectivity index (χ0v) is 11.5. The van der Waals surface area contributed by atoms with E-state index in [9.17, 15) is 4.79 Å². The van der Waals surface area contributed by atoms with E-state index >= 15 is 0 Å².